The number of hydrogen-bond acceptors (Lipinski definition) is 1. The van der Waals surface area contributed by atoms with Crippen molar-refractivity contribution >= 4 is 43.5 Å². The zero-order valence-corrected chi connectivity index (χ0v) is 20.0. The van der Waals surface area contributed by atoms with Crippen LogP contribution in [0.15, 0.2) is 150 Å². The van der Waals surface area contributed by atoms with Crippen molar-refractivity contribution in [3.05, 3.63) is 145 Å². The fourth-order valence-corrected chi connectivity index (χ4v) is 5.18. The highest BCUT2D eigenvalue weighted by atomic mass is 16.3. The Labute approximate surface area is 249 Å². The third-order valence-corrected chi connectivity index (χ3v) is 6.75. The monoisotopic (exact) mass is 512 g/mol. The van der Waals surface area contributed by atoms with Gasteiger partial charge in [0, 0.05) is 10.8 Å². The van der Waals surface area contributed by atoms with Gasteiger partial charge in [0.1, 0.15) is 11.2 Å². The molecule has 0 atom stereocenters. The molecule has 0 spiro atoms. The summed E-state index contributed by atoms with van der Waals surface area (Å²) in [6.07, 6.45) is 0. The maximum Gasteiger partial charge on any atom is 0.136 e. The first-order valence-electron chi connectivity index (χ1n) is 20.1. The Hall–Kier alpha value is -5.14. The Morgan fingerprint density at radius 3 is 1.62 bits per heavy atom. The van der Waals surface area contributed by atoms with Crippen molar-refractivity contribution in [2.75, 3.05) is 0 Å². The summed E-state index contributed by atoms with van der Waals surface area (Å²) in [4.78, 5) is 0. The van der Waals surface area contributed by atoms with E-state index in [1.807, 2.05) is 0 Å². The highest BCUT2D eigenvalue weighted by Gasteiger charge is 2.18. The predicted octanol–water partition coefficient (Wildman–Crippen LogP) is 10.9. The molecule has 182 valence electrons. The smallest absolute Gasteiger partial charge is 0.136 e. The van der Waals surface area contributed by atoms with Gasteiger partial charge in [0.05, 0.1) is 21.9 Å². The van der Waals surface area contributed by atoms with Crippen LogP contribution in [0.3, 0.4) is 0 Å². The van der Waals surface area contributed by atoms with Crippen LogP contribution in [-0.4, -0.2) is 0 Å². The third-order valence-electron chi connectivity index (χ3n) is 6.75. The first-order chi connectivity index (χ1) is 26.0. The fourth-order valence-electron chi connectivity index (χ4n) is 5.18. The molecule has 0 bridgehead atoms. The fraction of sp³-hybridized carbons (Fsp3) is 0. The van der Waals surface area contributed by atoms with Gasteiger partial charge in [-0.3, -0.25) is 0 Å². The van der Waals surface area contributed by atoms with E-state index in [9.17, 15) is 4.11 Å². The van der Waals surface area contributed by atoms with Crippen molar-refractivity contribution in [3.8, 4) is 33.4 Å². The molecule has 1 aromatic heterocycles. The van der Waals surface area contributed by atoms with Crippen LogP contribution in [0.2, 0.25) is 0 Å². The number of hydrogen-bond donors (Lipinski definition) is 0. The lowest BCUT2D eigenvalue weighted by atomic mass is 9.85. The molecule has 1 heteroatoms. The molecule has 0 amide bonds. The van der Waals surface area contributed by atoms with E-state index in [1.54, 1.807) is 48.5 Å². The van der Waals surface area contributed by atoms with E-state index >= 15 is 0 Å². The summed E-state index contributed by atoms with van der Waals surface area (Å²) < 4.78 is 145. The van der Waals surface area contributed by atoms with Gasteiger partial charge in [0.2, 0.25) is 0 Å². The average Bonchev–Trinajstić information content (AvgIpc) is 3.59. The molecule has 0 aliphatic carbocycles. The SMILES string of the molecule is [2H]c1c([2H])c([2H])c(-c2c3ccccc3c(-c3c([2H])c([2H])c4oc5c([2H])c([2H])c([2H])c(-c6c([2H])c([2H])c([2H])c([2H])c6[2H])c5c4c3[2H])c3ccccc23)c([2H])c1[2H]. The zero-order chi connectivity index (χ0) is 39.7. The van der Waals surface area contributed by atoms with Crippen LogP contribution in [0, 0.1) is 0 Å². The molecule has 1 heterocycles. The van der Waals surface area contributed by atoms with E-state index in [0.29, 0.717) is 27.1 Å². The van der Waals surface area contributed by atoms with Crippen molar-refractivity contribution in [2.24, 2.45) is 0 Å². The van der Waals surface area contributed by atoms with E-state index < -0.39 is 102 Å². The molecular formula is C38H24O. The molecule has 8 aromatic rings. The van der Waals surface area contributed by atoms with E-state index in [0.717, 1.165) is 0 Å². The van der Waals surface area contributed by atoms with E-state index in [-0.39, 0.29) is 44.2 Å². The molecule has 0 unspecified atom stereocenters. The Kier molecular flexibility index (Phi) is 2.53. The lowest BCUT2D eigenvalue weighted by Gasteiger charge is -2.17. The molecule has 0 N–H and O–H groups in total. The highest BCUT2D eigenvalue weighted by molar-refractivity contribution is 6.22. The Balaban J connectivity index is 1.60. The Morgan fingerprint density at radius 1 is 0.436 bits per heavy atom. The maximum atomic E-state index is 9.75. The molecule has 0 radical (unpaired) electrons. The second-order valence-corrected chi connectivity index (χ2v) is 8.85. The van der Waals surface area contributed by atoms with Crippen LogP contribution in [0.5, 0.6) is 0 Å². The van der Waals surface area contributed by atoms with Crippen molar-refractivity contribution in [3.63, 3.8) is 0 Å². The minimum atomic E-state index is -0.712. The molecule has 39 heavy (non-hydrogen) atoms. The van der Waals surface area contributed by atoms with Crippen LogP contribution in [0.25, 0.3) is 76.9 Å². The average molecular weight is 513 g/mol. The summed E-state index contributed by atoms with van der Waals surface area (Å²) in [7, 11) is 0. The van der Waals surface area contributed by atoms with Crippen molar-refractivity contribution in [1.29, 1.82) is 0 Å². The topological polar surface area (TPSA) is 13.1 Å². The Morgan fingerprint density at radius 2 is 1.00 bits per heavy atom. The van der Waals surface area contributed by atoms with E-state index in [4.69, 9.17) is 22.2 Å². The van der Waals surface area contributed by atoms with Gasteiger partial charge in [0.25, 0.3) is 0 Å². The minimum Gasteiger partial charge on any atom is -0.456 e. The minimum absolute atomic E-state index is 0.0555. The molecule has 0 saturated carbocycles. The van der Waals surface area contributed by atoms with Gasteiger partial charge >= 0.3 is 0 Å². The summed E-state index contributed by atoms with van der Waals surface area (Å²) in [5, 5.41) is 1.24. The standard InChI is InChI=1S/C38H24O/c1-3-12-25(13-4-1)28-20-11-21-35-38(28)33-24-27(22-23-34(33)39-35)37-31-18-9-7-16-29(31)36(26-14-5-2-6-15-26)30-17-8-10-19-32(30)37/h1-24H/i1D,2D,3D,4D,5D,6D,11D,12D,13D,14D,15D,20D,21D,22D,23D,24D. The second-order valence-electron chi connectivity index (χ2n) is 8.85. The van der Waals surface area contributed by atoms with Crippen LogP contribution >= 0.6 is 0 Å². The van der Waals surface area contributed by atoms with Gasteiger partial charge in [-0.1, -0.05) is 127 Å². The maximum absolute atomic E-state index is 9.75. The highest BCUT2D eigenvalue weighted by Crippen LogP contribution is 2.45. The lowest BCUT2D eigenvalue weighted by molar-refractivity contribution is 0.669. The summed E-state index contributed by atoms with van der Waals surface area (Å²) in [6.45, 7) is 0. The van der Waals surface area contributed by atoms with Gasteiger partial charge in [-0.25, -0.2) is 0 Å². The number of furan rings is 1. The predicted molar refractivity (Wildman–Crippen MR) is 165 cm³/mol. The molecule has 0 aliphatic heterocycles. The summed E-state index contributed by atoms with van der Waals surface area (Å²) >= 11 is 0. The van der Waals surface area contributed by atoms with E-state index in [1.165, 1.54) is 0 Å². The Bertz CT molecular complexity index is 2940. The first-order valence-corrected chi connectivity index (χ1v) is 12.1. The van der Waals surface area contributed by atoms with Gasteiger partial charge in [-0.15, -0.1) is 0 Å². The summed E-state index contributed by atoms with van der Waals surface area (Å²) in [5.41, 5.74) is -1.10. The van der Waals surface area contributed by atoms with Crippen LogP contribution in [-0.2, 0) is 0 Å². The van der Waals surface area contributed by atoms with Crippen LogP contribution in [0.1, 0.15) is 21.9 Å². The quantitative estimate of drug-likeness (QED) is 0.215. The number of benzene rings is 7. The molecule has 0 aliphatic rings. The van der Waals surface area contributed by atoms with Gasteiger partial charge < -0.3 is 4.42 Å². The van der Waals surface area contributed by atoms with Gasteiger partial charge in [0.15, 0.2) is 0 Å². The number of rotatable bonds is 3. The summed E-state index contributed by atoms with van der Waals surface area (Å²) in [6, 6.07) is 4.21. The normalized spacial score (nSPS) is 17.3. The van der Waals surface area contributed by atoms with Crippen LogP contribution in [0.4, 0.5) is 0 Å². The van der Waals surface area contributed by atoms with Crippen molar-refractivity contribution in [1.82, 2.24) is 0 Å². The molecular weight excluding hydrogens is 472 g/mol. The van der Waals surface area contributed by atoms with E-state index in [2.05, 4.69) is 0 Å². The molecule has 7 aromatic carbocycles. The molecule has 0 saturated heterocycles. The first kappa shape index (κ1) is 11.3. The summed E-state index contributed by atoms with van der Waals surface area (Å²) in [5.74, 6) is 0. The molecule has 0 fully saturated rings. The lowest BCUT2D eigenvalue weighted by Crippen LogP contribution is -1.90. The van der Waals surface area contributed by atoms with Gasteiger partial charge in [-0.05, 0) is 73.1 Å². The zero-order valence-electron chi connectivity index (χ0n) is 36.0. The van der Waals surface area contributed by atoms with Crippen molar-refractivity contribution in [2.45, 2.75) is 0 Å². The number of fused-ring (bicyclic) bond motifs is 5. The third kappa shape index (κ3) is 3.41. The molecule has 8 rings (SSSR count). The van der Waals surface area contributed by atoms with Crippen LogP contribution < -0.4 is 0 Å². The largest absolute Gasteiger partial charge is 0.456 e. The molecule has 1 nitrogen and oxygen atoms in total. The van der Waals surface area contributed by atoms with Gasteiger partial charge in [-0.2, -0.15) is 0 Å². The second kappa shape index (κ2) is 8.72. The van der Waals surface area contributed by atoms with Crippen molar-refractivity contribution < 1.29 is 26.3 Å².